The number of allylic oxidation sites excluding steroid dienone is 1. The van der Waals surface area contributed by atoms with E-state index in [2.05, 4.69) is 15.5 Å². The van der Waals surface area contributed by atoms with Gasteiger partial charge in [-0.3, -0.25) is 4.79 Å². The molecule has 158 valence electrons. The summed E-state index contributed by atoms with van der Waals surface area (Å²) < 4.78 is 10.6. The third-order valence-corrected chi connectivity index (χ3v) is 7.57. The standard InChI is InChI=1S/C21H23N3O5S/c1-10-22-19(29-24-10)16-13-4-2-3-5-14(13)30-20(16)23-18(25)15-11-6-8-12(9-7-11)17(15)28-21(26)27/h6,8,11-12,15,17H,2-5,7,9H2,1H3,(H,23,25)(H,26,27). The zero-order chi connectivity index (χ0) is 20.8. The highest BCUT2D eigenvalue weighted by molar-refractivity contribution is 7.17. The van der Waals surface area contributed by atoms with Crippen LogP contribution in [0.5, 0.6) is 0 Å². The molecule has 0 radical (unpaired) electrons. The van der Waals surface area contributed by atoms with Crippen molar-refractivity contribution in [3.8, 4) is 11.5 Å². The molecule has 0 spiro atoms. The lowest BCUT2D eigenvalue weighted by Crippen LogP contribution is -2.49. The van der Waals surface area contributed by atoms with Gasteiger partial charge in [-0.15, -0.1) is 11.3 Å². The van der Waals surface area contributed by atoms with E-state index in [-0.39, 0.29) is 17.7 Å². The summed E-state index contributed by atoms with van der Waals surface area (Å²) in [5.74, 6) is 0.130. The molecule has 2 N–H and O–H groups in total. The highest BCUT2D eigenvalue weighted by Gasteiger charge is 2.47. The van der Waals surface area contributed by atoms with E-state index in [9.17, 15) is 14.7 Å². The Bertz CT molecular complexity index is 1030. The van der Waals surface area contributed by atoms with Crippen LogP contribution in [-0.2, 0) is 22.4 Å². The number of carbonyl (C=O) groups excluding carboxylic acids is 1. The summed E-state index contributed by atoms with van der Waals surface area (Å²) >= 11 is 1.56. The van der Waals surface area contributed by atoms with E-state index in [4.69, 9.17) is 9.26 Å². The molecule has 2 aromatic rings. The number of carbonyl (C=O) groups is 2. The monoisotopic (exact) mass is 429 g/mol. The van der Waals surface area contributed by atoms with Crippen LogP contribution in [0.2, 0.25) is 0 Å². The summed E-state index contributed by atoms with van der Waals surface area (Å²) in [5, 5.41) is 16.9. The molecule has 4 aliphatic rings. The number of thiophene rings is 1. The molecule has 2 aromatic heterocycles. The molecule has 4 aliphatic carbocycles. The minimum Gasteiger partial charge on any atom is -0.450 e. The molecule has 1 amide bonds. The average molecular weight is 429 g/mol. The Morgan fingerprint density at radius 2 is 2.00 bits per heavy atom. The first-order valence-electron chi connectivity index (χ1n) is 10.3. The third-order valence-electron chi connectivity index (χ3n) is 6.37. The van der Waals surface area contributed by atoms with Crippen LogP contribution in [0, 0.1) is 24.7 Å². The third kappa shape index (κ3) is 3.30. The van der Waals surface area contributed by atoms with Gasteiger partial charge in [0.15, 0.2) is 5.82 Å². The van der Waals surface area contributed by atoms with Gasteiger partial charge in [0.05, 0.1) is 11.5 Å². The van der Waals surface area contributed by atoms with E-state index in [1.54, 1.807) is 18.3 Å². The maximum absolute atomic E-state index is 13.4. The molecule has 30 heavy (non-hydrogen) atoms. The molecule has 0 aromatic carbocycles. The molecule has 0 saturated heterocycles. The van der Waals surface area contributed by atoms with Crippen LogP contribution in [-0.4, -0.2) is 33.4 Å². The molecule has 1 fully saturated rings. The van der Waals surface area contributed by atoms with Gasteiger partial charge in [0, 0.05) is 10.8 Å². The lowest BCUT2D eigenvalue weighted by Gasteiger charge is -2.42. The fourth-order valence-electron chi connectivity index (χ4n) is 5.04. The predicted molar refractivity (Wildman–Crippen MR) is 109 cm³/mol. The molecular weight excluding hydrogens is 406 g/mol. The van der Waals surface area contributed by atoms with E-state index in [1.807, 2.05) is 12.2 Å². The van der Waals surface area contributed by atoms with Gasteiger partial charge in [0.25, 0.3) is 5.89 Å². The number of amides is 1. The van der Waals surface area contributed by atoms with Gasteiger partial charge in [-0.25, -0.2) is 4.79 Å². The van der Waals surface area contributed by atoms with Gasteiger partial charge in [0.1, 0.15) is 11.1 Å². The number of carboxylic acid groups (broad SMARTS) is 1. The van der Waals surface area contributed by atoms with E-state index in [1.165, 1.54) is 10.4 Å². The molecular formula is C21H23N3O5S. The number of aromatic nitrogens is 2. The van der Waals surface area contributed by atoms with E-state index in [0.717, 1.165) is 44.1 Å². The van der Waals surface area contributed by atoms with Crippen LogP contribution in [0.15, 0.2) is 16.7 Å². The van der Waals surface area contributed by atoms with E-state index >= 15 is 0 Å². The summed E-state index contributed by atoms with van der Waals surface area (Å²) in [5.41, 5.74) is 1.99. The molecule has 0 aliphatic heterocycles. The largest absolute Gasteiger partial charge is 0.506 e. The van der Waals surface area contributed by atoms with Crippen molar-refractivity contribution in [2.75, 3.05) is 5.32 Å². The second kappa shape index (κ2) is 7.54. The fraction of sp³-hybridized carbons (Fsp3) is 0.524. The maximum atomic E-state index is 13.4. The van der Waals surface area contributed by atoms with E-state index < -0.39 is 18.2 Å². The van der Waals surface area contributed by atoms with Gasteiger partial charge in [-0.2, -0.15) is 4.98 Å². The summed E-state index contributed by atoms with van der Waals surface area (Å²) in [7, 11) is 0. The van der Waals surface area contributed by atoms with Crippen LogP contribution >= 0.6 is 11.3 Å². The van der Waals surface area contributed by atoms with Crippen molar-refractivity contribution in [2.24, 2.45) is 17.8 Å². The Balaban J connectivity index is 1.48. The Hall–Kier alpha value is -2.68. The predicted octanol–water partition coefficient (Wildman–Crippen LogP) is 4.20. The summed E-state index contributed by atoms with van der Waals surface area (Å²) in [4.78, 5) is 30.3. The second-order valence-corrected chi connectivity index (χ2v) is 9.32. The number of anilines is 1. The van der Waals surface area contributed by atoms with Crippen LogP contribution < -0.4 is 5.32 Å². The molecule has 2 bridgehead atoms. The Morgan fingerprint density at radius 3 is 2.70 bits per heavy atom. The van der Waals surface area contributed by atoms with Gasteiger partial charge in [-0.05, 0) is 56.9 Å². The molecule has 9 heteroatoms. The minimum absolute atomic E-state index is 0.0250. The summed E-state index contributed by atoms with van der Waals surface area (Å²) in [6, 6.07) is 0. The number of fused-ring (bicyclic) bond motifs is 3. The Kier molecular flexibility index (Phi) is 4.85. The summed E-state index contributed by atoms with van der Waals surface area (Å²) in [6.45, 7) is 1.77. The highest BCUT2D eigenvalue weighted by Crippen LogP contribution is 2.46. The smallest absolute Gasteiger partial charge is 0.450 e. The number of nitrogens with zero attached hydrogens (tertiary/aromatic N) is 2. The number of rotatable bonds is 4. The van der Waals surface area contributed by atoms with Crippen molar-refractivity contribution in [3.63, 3.8) is 0 Å². The number of aryl methyl sites for hydroxylation is 2. The quantitative estimate of drug-likeness (QED) is 0.553. The van der Waals surface area contributed by atoms with Crippen LogP contribution in [0.3, 0.4) is 0 Å². The van der Waals surface area contributed by atoms with Crippen molar-refractivity contribution in [2.45, 2.75) is 51.6 Å². The van der Waals surface area contributed by atoms with E-state index in [0.29, 0.717) is 16.7 Å². The average Bonchev–Trinajstić information content (AvgIpc) is 3.30. The van der Waals surface area contributed by atoms with Crippen LogP contribution in [0.4, 0.5) is 9.80 Å². The lowest BCUT2D eigenvalue weighted by molar-refractivity contribution is -0.130. The van der Waals surface area contributed by atoms with Gasteiger partial charge < -0.3 is 19.7 Å². The number of hydrogen-bond acceptors (Lipinski definition) is 7. The SMILES string of the molecule is Cc1noc(-c2c(NC(=O)C3C4C=CC(CC4)C3OC(=O)O)sc3c2CCCC3)n1. The van der Waals surface area contributed by atoms with Gasteiger partial charge in [-0.1, -0.05) is 17.3 Å². The first kappa shape index (κ1) is 19.3. The number of nitrogens with one attached hydrogen (secondary N) is 1. The van der Waals surface area contributed by atoms with Crippen molar-refractivity contribution >= 4 is 28.4 Å². The van der Waals surface area contributed by atoms with Crippen molar-refractivity contribution < 1.29 is 24.0 Å². The number of hydrogen-bond donors (Lipinski definition) is 2. The Morgan fingerprint density at radius 1 is 1.23 bits per heavy atom. The fourth-order valence-corrected chi connectivity index (χ4v) is 6.32. The van der Waals surface area contributed by atoms with Crippen molar-refractivity contribution in [1.29, 1.82) is 0 Å². The maximum Gasteiger partial charge on any atom is 0.506 e. The number of ether oxygens (including phenoxy) is 1. The molecule has 1 saturated carbocycles. The second-order valence-electron chi connectivity index (χ2n) is 8.22. The molecule has 4 unspecified atom stereocenters. The Labute approximate surface area is 177 Å². The zero-order valence-corrected chi connectivity index (χ0v) is 17.4. The normalized spacial score (nSPS) is 27.0. The molecule has 8 nitrogen and oxygen atoms in total. The highest BCUT2D eigenvalue weighted by atomic mass is 32.1. The summed E-state index contributed by atoms with van der Waals surface area (Å²) in [6.07, 6.45) is 7.81. The topological polar surface area (TPSA) is 115 Å². The molecule has 2 heterocycles. The van der Waals surface area contributed by atoms with Gasteiger partial charge in [0.2, 0.25) is 5.91 Å². The first-order chi connectivity index (χ1) is 14.5. The molecule has 4 atom stereocenters. The zero-order valence-electron chi connectivity index (χ0n) is 16.6. The van der Waals surface area contributed by atoms with Crippen LogP contribution in [0.1, 0.15) is 41.9 Å². The molecule has 6 rings (SSSR count). The lowest BCUT2D eigenvalue weighted by atomic mass is 9.66. The minimum atomic E-state index is -1.34. The van der Waals surface area contributed by atoms with Crippen molar-refractivity contribution in [1.82, 2.24) is 10.1 Å². The van der Waals surface area contributed by atoms with Gasteiger partial charge >= 0.3 is 6.16 Å². The van der Waals surface area contributed by atoms with Crippen molar-refractivity contribution in [3.05, 3.63) is 28.4 Å². The van der Waals surface area contributed by atoms with Crippen LogP contribution in [0.25, 0.3) is 11.5 Å². The first-order valence-corrected chi connectivity index (χ1v) is 11.2.